The van der Waals surface area contributed by atoms with Gasteiger partial charge in [0.25, 0.3) is 0 Å². The molecule has 0 amide bonds. The van der Waals surface area contributed by atoms with Crippen LogP contribution in [0.4, 0.5) is 0 Å². The van der Waals surface area contributed by atoms with Gasteiger partial charge in [-0.15, -0.1) is 0 Å². The van der Waals surface area contributed by atoms with Crippen LogP contribution in [0.15, 0.2) is 0 Å². The Kier molecular flexibility index (Phi) is 4.71. The summed E-state index contributed by atoms with van der Waals surface area (Å²) in [6.45, 7) is 2.97. The summed E-state index contributed by atoms with van der Waals surface area (Å²) in [5.41, 5.74) is 0. The molecule has 2 rings (SSSR count). The molecule has 1 heterocycles. The predicted octanol–water partition coefficient (Wildman–Crippen LogP) is 2.90. The van der Waals surface area contributed by atoms with Crippen LogP contribution in [0.5, 0.6) is 0 Å². The van der Waals surface area contributed by atoms with E-state index in [0.29, 0.717) is 17.6 Å². The fourth-order valence-electron chi connectivity index (χ4n) is 2.96. The van der Waals surface area contributed by atoms with Gasteiger partial charge in [-0.05, 0) is 18.8 Å². The molecule has 1 saturated carbocycles. The first kappa shape index (κ1) is 12.4. The van der Waals surface area contributed by atoms with Crippen LogP contribution in [0.3, 0.4) is 0 Å². The zero-order valence-electron chi connectivity index (χ0n) is 10.1. The molecule has 1 saturated heterocycles. The number of carbonyl (C=O) groups is 1. The molecule has 0 bridgehead atoms. The van der Waals surface area contributed by atoms with Gasteiger partial charge in [0.2, 0.25) is 0 Å². The number of ether oxygens (including phenoxy) is 1. The Morgan fingerprint density at radius 3 is 2.88 bits per heavy atom. The van der Waals surface area contributed by atoms with E-state index >= 15 is 0 Å². The molecule has 0 aromatic heterocycles. The molecule has 2 aliphatic rings. The van der Waals surface area contributed by atoms with E-state index in [2.05, 4.69) is 6.92 Å². The van der Waals surface area contributed by atoms with E-state index in [1.807, 2.05) is 11.8 Å². The summed E-state index contributed by atoms with van der Waals surface area (Å²) in [7, 11) is 0. The topological polar surface area (TPSA) is 26.3 Å². The summed E-state index contributed by atoms with van der Waals surface area (Å²) >= 11 is 1.86. The van der Waals surface area contributed by atoms with Gasteiger partial charge in [0.1, 0.15) is 6.10 Å². The Labute approximate surface area is 103 Å². The second-order valence-electron chi connectivity index (χ2n) is 4.90. The first-order valence-corrected chi connectivity index (χ1v) is 7.71. The van der Waals surface area contributed by atoms with Crippen LogP contribution in [-0.4, -0.2) is 30.0 Å². The van der Waals surface area contributed by atoms with E-state index in [9.17, 15) is 4.79 Å². The molecule has 0 aromatic rings. The molecule has 0 radical (unpaired) electrons. The lowest BCUT2D eigenvalue weighted by atomic mass is 9.74. The molecule has 92 valence electrons. The van der Waals surface area contributed by atoms with Crippen LogP contribution >= 0.6 is 11.8 Å². The highest BCUT2D eigenvalue weighted by atomic mass is 32.2. The first-order chi connectivity index (χ1) is 7.83. The Morgan fingerprint density at radius 1 is 1.38 bits per heavy atom. The quantitative estimate of drug-likeness (QED) is 0.761. The van der Waals surface area contributed by atoms with Gasteiger partial charge in [-0.1, -0.05) is 26.2 Å². The predicted molar refractivity (Wildman–Crippen MR) is 67.8 cm³/mol. The standard InChI is InChI=1S/C13H22O2S/c1-2-10-5-3-4-6-11(10)13(14)12-9-16-8-7-15-12/h10-12H,2-9H2,1H3. The molecule has 0 spiro atoms. The average molecular weight is 242 g/mol. The second kappa shape index (κ2) is 6.06. The van der Waals surface area contributed by atoms with Crippen molar-refractivity contribution in [3.05, 3.63) is 0 Å². The molecule has 3 atom stereocenters. The minimum absolute atomic E-state index is 0.101. The summed E-state index contributed by atoms with van der Waals surface area (Å²) in [6, 6.07) is 0. The van der Waals surface area contributed by atoms with Crippen LogP contribution in [0.1, 0.15) is 39.0 Å². The van der Waals surface area contributed by atoms with E-state index in [1.54, 1.807) is 0 Å². The maximum atomic E-state index is 12.4. The van der Waals surface area contributed by atoms with Gasteiger partial charge < -0.3 is 4.74 Å². The van der Waals surface area contributed by atoms with Gasteiger partial charge >= 0.3 is 0 Å². The number of ketones is 1. The molecule has 1 aliphatic heterocycles. The summed E-state index contributed by atoms with van der Waals surface area (Å²) in [5, 5.41) is 0. The average Bonchev–Trinajstić information content (AvgIpc) is 2.39. The number of thioether (sulfide) groups is 1. The minimum atomic E-state index is -0.101. The van der Waals surface area contributed by atoms with E-state index in [4.69, 9.17) is 4.74 Å². The Bertz CT molecular complexity index is 236. The minimum Gasteiger partial charge on any atom is -0.369 e. The highest BCUT2D eigenvalue weighted by Crippen LogP contribution is 2.34. The zero-order chi connectivity index (χ0) is 11.4. The maximum absolute atomic E-state index is 12.4. The van der Waals surface area contributed by atoms with E-state index in [0.717, 1.165) is 31.0 Å². The largest absolute Gasteiger partial charge is 0.369 e. The van der Waals surface area contributed by atoms with Gasteiger partial charge in [-0.3, -0.25) is 4.79 Å². The van der Waals surface area contributed by atoms with Crippen molar-refractivity contribution in [2.75, 3.05) is 18.1 Å². The van der Waals surface area contributed by atoms with Gasteiger partial charge in [-0.2, -0.15) is 11.8 Å². The molecule has 1 aliphatic carbocycles. The van der Waals surface area contributed by atoms with Gasteiger partial charge in [-0.25, -0.2) is 0 Å². The Hall–Kier alpha value is -0.0200. The van der Waals surface area contributed by atoms with Crippen molar-refractivity contribution in [1.82, 2.24) is 0 Å². The molecule has 3 unspecified atom stereocenters. The number of carbonyl (C=O) groups excluding carboxylic acids is 1. The zero-order valence-corrected chi connectivity index (χ0v) is 10.9. The number of hydrogen-bond donors (Lipinski definition) is 0. The molecular weight excluding hydrogens is 220 g/mol. The van der Waals surface area contributed by atoms with Crippen molar-refractivity contribution in [3.8, 4) is 0 Å². The molecule has 2 fully saturated rings. The van der Waals surface area contributed by atoms with Crippen molar-refractivity contribution >= 4 is 17.5 Å². The Balaban J connectivity index is 1.95. The summed E-state index contributed by atoms with van der Waals surface area (Å²) in [4.78, 5) is 12.4. The molecule has 3 heteroatoms. The third-order valence-electron chi connectivity index (χ3n) is 3.93. The smallest absolute Gasteiger partial charge is 0.165 e. The normalized spacial score (nSPS) is 35.9. The molecule has 16 heavy (non-hydrogen) atoms. The number of rotatable bonds is 3. The van der Waals surface area contributed by atoms with Crippen molar-refractivity contribution in [3.63, 3.8) is 0 Å². The lowest BCUT2D eigenvalue weighted by molar-refractivity contribution is -0.136. The molecular formula is C13H22O2S. The van der Waals surface area contributed by atoms with Crippen molar-refractivity contribution in [1.29, 1.82) is 0 Å². The SMILES string of the molecule is CCC1CCCCC1C(=O)C1CSCCO1. The van der Waals surface area contributed by atoms with Gasteiger partial charge in [0, 0.05) is 17.4 Å². The van der Waals surface area contributed by atoms with Crippen LogP contribution in [0.2, 0.25) is 0 Å². The second-order valence-corrected chi connectivity index (χ2v) is 6.05. The number of Topliss-reactive ketones (excluding diaryl/α,β-unsaturated/α-hetero) is 1. The highest BCUT2D eigenvalue weighted by Gasteiger charge is 2.35. The summed E-state index contributed by atoms with van der Waals surface area (Å²) in [6.07, 6.45) is 5.93. The molecule has 0 N–H and O–H groups in total. The third-order valence-corrected chi connectivity index (χ3v) is 4.93. The van der Waals surface area contributed by atoms with E-state index in [1.165, 1.54) is 19.3 Å². The van der Waals surface area contributed by atoms with E-state index in [-0.39, 0.29) is 6.10 Å². The lowest BCUT2D eigenvalue weighted by Gasteiger charge is -2.33. The van der Waals surface area contributed by atoms with Crippen molar-refractivity contribution < 1.29 is 9.53 Å². The molecule has 2 nitrogen and oxygen atoms in total. The number of hydrogen-bond acceptors (Lipinski definition) is 3. The van der Waals surface area contributed by atoms with Gasteiger partial charge in [0.05, 0.1) is 6.61 Å². The van der Waals surface area contributed by atoms with Crippen LogP contribution in [-0.2, 0) is 9.53 Å². The molecule has 0 aromatic carbocycles. The van der Waals surface area contributed by atoms with Crippen molar-refractivity contribution in [2.45, 2.75) is 45.1 Å². The summed E-state index contributed by atoms with van der Waals surface area (Å²) in [5.74, 6) is 3.25. The monoisotopic (exact) mass is 242 g/mol. The van der Waals surface area contributed by atoms with E-state index < -0.39 is 0 Å². The highest BCUT2D eigenvalue weighted by molar-refractivity contribution is 7.99. The lowest BCUT2D eigenvalue weighted by Crippen LogP contribution is -2.39. The van der Waals surface area contributed by atoms with Crippen LogP contribution in [0, 0.1) is 11.8 Å². The van der Waals surface area contributed by atoms with Gasteiger partial charge in [0.15, 0.2) is 5.78 Å². The van der Waals surface area contributed by atoms with Crippen LogP contribution < -0.4 is 0 Å². The Morgan fingerprint density at radius 2 is 2.19 bits per heavy atom. The summed E-state index contributed by atoms with van der Waals surface area (Å²) < 4.78 is 5.62. The fraction of sp³-hybridized carbons (Fsp3) is 0.923. The van der Waals surface area contributed by atoms with Crippen molar-refractivity contribution in [2.24, 2.45) is 11.8 Å². The van der Waals surface area contributed by atoms with Crippen LogP contribution in [0.25, 0.3) is 0 Å². The maximum Gasteiger partial charge on any atom is 0.165 e. The first-order valence-electron chi connectivity index (χ1n) is 6.56. The fourth-order valence-corrected chi connectivity index (χ4v) is 3.82. The third kappa shape index (κ3) is 2.80.